The van der Waals surface area contributed by atoms with Crippen LogP contribution in [0.25, 0.3) is 22.4 Å². The second-order valence-electron chi connectivity index (χ2n) is 9.26. The minimum Gasteiger partial charge on any atom is -0.256 e. The Kier molecular flexibility index (Phi) is 6.19. The highest BCUT2D eigenvalue weighted by Crippen LogP contribution is 2.29. The molecule has 0 aliphatic carbocycles. The maximum atomic E-state index is 4.82. The van der Waals surface area contributed by atoms with Crippen LogP contribution in [0.2, 0.25) is 13.1 Å². The van der Waals surface area contributed by atoms with Crippen molar-refractivity contribution in [3.8, 4) is 22.4 Å². The molecule has 4 aromatic rings. The molecule has 31 heavy (non-hydrogen) atoms. The molecule has 0 unspecified atom stereocenters. The van der Waals surface area contributed by atoms with Gasteiger partial charge in [-0.25, -0.2) is 0 Å². The molecule has 0 N–H and O–H groups in total. The summed E-state index contributed by atoms with van der Waals surface area (Å²) in [6.07, 6.45) is 3.11. The topological polar surface area (TPSA) is 12.9 Å². The molecular formula is C29H31NSi. The zero-order valence-corrected chi connectivity index (χ0v) is 20.0. The van der Waals surface area contributed by atoms with Crippen molar-refractivity contribution in [3.63, 3.8) is 0 Å². The van der Waals surface area contributed by atoms with Gasteiger partial charge in [0.15, 0.2) is 0 Å². The summed E-state index contributed by atoms with van der Waals surface area (Å²) in [7, 11) is -1.69. The van der Waals surface area contributed by atoms with E-state index in [0.717, 1.165) is 12.1 Å². The Morgan fingerprint density at radius 1 is 0.710 bits per heavy atom. The van der Waals surface area contributed by atoms with Gasteiger partial charge in [0.1, 0.15) is 8.07 Å². The van der Waals surface area contributed by atoms with Crippen LogP contribution in [0.3, 0.4) is 0 Å². The summed E-state index contributed by atoms with van der Waals surface area (Å²) in [5, 5.41) is 2.93. The van der Waals surface area contributed by atoms with E-state index in [0.29, 0.717) is 5.92 Å². The van der Waals surface area contributed by atoms with E-state index in [4.69, 9.17) is 4.98 Å². The van der Waals surface area contributed by atoms with Crippen LogP contribution in [0.15, 0.2) is 97.2 Å². The van der Waals surface area contributed by atoms with Gasteiger partial charge >= 0.3 is 0 Å². The van der Waals surface area contributed by atoms with Gasteiger partial charge in [-0.15, -0.1) is 0 Å². The number of pyridine rings is 1. The molecular weight excluding hydrogens is 390 g/mol. The van der Waals surface area contributed by atoms with Gasteiger partial charge in [0.2, 0.25) is 0 Å². The second kappa shape index (κ2) is 9.03. The molecule has 0 spiro atoms. The number of nitrogens with zero attached hydrogens (tertiary/aromatic N) is 1. The highest BCUT2D eigenvalue weighted by atomic mass is 28.3. The van der Waals surface area contributed by atoms with Crippen molar-refractivity contribution in [2.24, 2.45) is 5.92 Å². The van der Waals surface area contributed by atoms with Crippen molar-refractivity contribution in [1.29, 1.82) is 0 Å². The van der Waals surface area contributed by atoms with Crippen molar-refractivity contribution in [2.75, 3.05) is 0 Å². The van der Waals surface area contributed by atoms with Gasteiger partial charge in [-0.05, 0) is 29.5 Å². The maximum Gasteiger partial charge on any atom is 0.112 e. The lowest BCUT2D eigenvalue weighted by molar-refractivity contribution is 0.648. The lowest BCUT2D eigenvalue weighted by atomic mass is 9.94. The molecule has 0 atom stereocenters. The normalized spacial score (nSPS) is 11.6. The van der Waals surface area contributed by atoms with Crippen LogP contribution in [0.5, 0.6) is 0 Å². The van der Waals surface area contributed by atoms with Gasteiger partial charge in [-0.2, -0.15) is 0 Å². The SMILES string of the molecule is CC(C)Cc1cc(-c2ccccc2)ncc1-c1ccc([Si](C)(C)c2ccccc2)cc1. The molecule has 2 heteroatoms. The van der Waals surface area contributed by atoms with Gasteiger partial charge in [0.05, 0.1) is 5.69 Å². The molecule has 1 aromatic heterocycles. The first-order valence-electron chi connectivity index (χ1n) is 11.2. The summed E-state index contributed by atoms with van der Waals surface area (Å²) in [5.74, 6) is 0.591. The van der Waals surface area contributed by atoms with Crippen LogP contribution in [0, 0.1) is 5.92 Å². The maximum absolute atomic E-state index is 4.82. The molecule has 3 aromatic carbocycles. The molecule has 156 valence electrons. The van der Waals surface area contributed by atoms with Crippen molar-refractivity contribution >= 4 is 18.4 Å². The predicted octanol–water partition coefficient (Wildman–Crippen LogP) is 6.44. The minimum atomic E-state index is -1.69. The minimum absolute atomic E-state index is 0.591. The van der Waals surface area contributed by atoms with Crippen LogP contribution in [-0.2, 0) is 6.42 Å². The molecule has 0 saturated heterocycles. The Morgan fingerprint density at radius 3 is 1.90 bits per heavy atom. The Morgan fingerprint density at radius 2 is 1.29 bits per heavy atom. The fourth-order valence-corrected chi connectivity index (χ4v) is 6.58. The third kappa shape index (κ3) is 4.70. The van der Waals surface area contributed by atoms with Crippen molar-refractivity contribution in [1.82, 2.24) is 4.98 Å². The molecule has 0 radical (unpaired) electrons. The molecule has 0 aliphatic heterocycles. The van der Waals surface area contributed by atoms with Crippen LogP contribution in [-0.4, -0.2) is 13.1 Å². The van der Waals surface area contributed by atoms with E-state index in [1.165, 1.54) is 32.6 Å². The standard InChI is InChI=1S/C29H31NSi/c1-22(2)19-25-20-29(24-11-7-5-8-12-24)30-21-28(25)23-15-17-27(18-16-23)31(3,4)26-13-9-6-10-14-26/h5-18,20-22H,19H2,1-4H3. The molecule has 0 bridgehead atoms. The monoisotopic (exact) mass is 421 g/mol. The summed E-state index contributed by atoms with van der Waals surface area (Å²) in [5.41, 5.74) is 6.10. The van der Waals surface area contributed by atoms with Crippen molar-refractivity contribution in [3.05, 3.63) is 103 Å². The van der Waals surface area contributed by atoms with E-state index in [1.807, 2.05) is 0 Å². The van der Waals surface area contributed by atoms with E-state index in [2.05, 4.69) is 124 Å². The number of aromatic nitrogens is 1. The smallest absolute Gasteiger partial charge is 0.112 e. The largest absolute Gasteiger partial charge is 0.256 e. The van der Waals surface area contributed by atoms with Crippen LogP contribution in [0.4, 0.5) is 0 Å². The average molecular weight is 422 g/mol. The van der Waals surface area contributed by atoms with Gasteiger partial charge in [-0.3, -0.25) is 4.98 Å². The number of rotatable bonds is 6. The predicted molar refractivity (Wildman–Crippen MR) is 137 cm³/mol. The summed E-state index contributed by atoms with van der Waals surface area (Å²) >= 11 is 0. The molecule has 1 nitrogen and oxygen atoms in total. The third-order valence-electron chi connectivity index (χ3n) is 6.10. The number of hydrogen-bond acceptors (Lipinski definition) is 1. The lowest BCUT2D eigenvalue weighted by Crippen LogP contribution is -2.52. The van der Waals surface area contributed by atoms with E-state index in [-0.39, 0.29) is 0 Å². The Labute approximate surface area is 187 Å². The molecule has 0 fully saturated rings. The van der Waals surface area contributed by atoms with Crippen LogP contribution < -0.4 is 10.4 Å². The van der Waals surface area contributed by atoms with E-state index in [1.54, 1.807) is 0 Å². The summed E-state index contributed by atoms with van der Waals surface area (Å²) in [6.45, 7) is 9.42. The first-order chi connectivity index (χ1) is 14.9. The van der Waals surface area contributed by atoms with Crippen molar-refractivity contribution in [2.45, 2.75) is 33.4 Å². The lowest BCUT2D eigenvalue weighted by Gasteiger charge is -2.24. The molecule has 4 rings (SSSR count). The third-order valence-corrected chi connectivity index (χ3v) is 9.65. The first-order valence-corrected chi connectivity index (χ1v) is 14.2. The van der Waals surface area contributed by atoms with Gasteiger partial charge in [0.25, 0.3) is 0 Å². The van der Waals surface area contributed by atoms with Gasteiger partial charge in [0, 0.05) is 17.3 Å². The zero-order chi connectivity index (χ0) is 21.8. The summed E-state index contributed by atoms with van der Waals surface area (Å²) in [6, 6.07) is 32.9. The number of benzene rings is 3. The summed E-state index contributed by atoms with van der Waals surface area (Å²) in [4.78, 5) is 4.82. The average Bonchev–Trinajstić information content (AvgIpc) is 2.80. The number of hydrogen-bond donors (Lipinski definition) is 0. The Hall–Kier alpha value is -2.97. The molecule has 1 heterocycles. The zero-order valence-electron chi connectivity index (χ0n) is 19.0. The van der Waals surface area contributed by atoms with E-state index < -0.39 is 8.07 Å². The Bertz CT molecular complexity index is 1130. The molecule has 0 saturated carbocycles. The van der Waals surface area contributed by atoms with E-state index in [9.17, 15) is 0 Å². The van der Waals surface area contributed by atoms with Gasteiger partial charge in [-0.1, -0.05) is 122 Å². The molecule has 0 amide bonds. The first kappa shape index (κ1) is 21.3. The Balaban J connectivity index is 1.70. The van der Waals surface area contributed by atoms with Crippen molar-refractivity contribution < 1.29 is 0 Å². The highest BCUT2D eigenvalue weighted by Gasteiger charge is 2.25. The second-order valence-corrected chi connectivity index (χ2v) is 13.7. The fourth-order valence-electron chi connectivity index (χ4n) is 4.22. The highest BCUT2D eigenvalue weighted by molar-refractivity contribution is 7.00. The summed E-state index contributed by atoms with van der Waals surface area (Å²) < 4.78 is 0. The van der Waals surface area contributed by atoms with E-state index >= 15 is 0 Å². The van der Waals surface area contributed by atoms with Crippen LogP contribution in [0.1, 0.15) is 19.4 Å². The molecule has 0 aliphatic rings. The quantitative estimate of drug-likeness (QED) is 0.327. The van der Waals surface area contributed by atoms with Crippen LogP contribution >= 0.6 is 0 Å². The van der Waals surface area contributed by atoms with Gasteiger partial charge < -0.3 is 0 Å². The fraction of sp³-hybridized carbons (Fsp3) is 0.207.